The lowest BCUT2D eigenvalue weighted by Gasteiger charge is -2.27. The zero-order chi connectivity index (χ0) is 27.3. The molecule has 0 aliphatic heterocycles. The molecule has 0 radical (unpaired) electrons. The summed E-state index contributed by atoms with van der Waals surface area (Å²) in [5, 5.41) is 0.788. The Balaban J connectivity index is 0.000000340. The molecule has 0 unspecified atom stereocenters. The molecule has 2 aromatic carbocycles. The van der Waals surface area contributed by atoms with Gasteiger partial charge >= 0.3 is 0 Å². The van der Waals surface area contributed by atoms with Crippen LogP contribution in [0.4, 0.5) is 0 Å². The van der Waals surface area contributed by atoms with Gasteiger partial charge in [-0.05, 0) is 107 Å². The standard InChI is InChI=1S/C18H28N2.C11H11Cl.C4H8O/c1-20(2)14-17-7-3-4-8-18(17)16-11-9-15(10-12-16)6-5-13-19;1-2-3-4-5-10-6-8-11(12)9-7-10;1-2-3-4-5/h3-4,6-8,16H,5,9-14,19H2,1-2H3;1,6-9H,3-5H2;4H,2-3H2,1H3. The van der Waals surface area contributed by atoms with E-state index in [1.165, 1.54) is 36.8 Å². The maximum Gasteiger partial charge on any atom is 0.119 e. The van der Waals surface area contributed by atoms with Crippen LogP contribution < -0.4 is 5.73 Å². The van der Waals surface area contributed by atoms with Crippen LogP contribution in [0.25, 0.3) is 0 Å². The number of aldehydes is 1. The first-order valence-electron chi connectivity index (χ1n) is 13.7. The van der Waals surface area contributed by atoms with E-state index >= 15 is 0 Å². The molecule has 37 heavy (non-hydrogen) atoms. The Morgan fingerprint density at radius 3 is 2.30 bits per heavy atom. The van der Waals surface area contributed by atoms with Crippen LogP contribution in [-0.4, -0.2) is 31.8 Å². The monoisotopic (exact) mass is 522 g/mol. The van der Waals surface area contributed by atoms with Crippen LogP contribution in [0.1, 0.15) is 87.3 Å². The first-order chi connectivity index (χ1) is 17.9. The van der Waals surface area contributed by atoms with E-state index in [1.807, 2.05) is 31.2 Å². The summed E-state index contributed by atoms with van der Waals surface area (Å²) in [5.74, 6) is 3.36. The molecular formula is C33H47ClN2O. The molecule has 0 aromatic heterocycles. The highest BCUT2D eigenvalue weighted by atomic mass is 35.5. The van der Waals surface area contributed by atoms with Gasteiger partial charge in [0, 0.05) is 24.4 Å². The molecule has 0 saturated heterocycles. The molecule has 4 heteroatoms. The number of hydrogen-bond acceptors (Lipinski definition) is 3. The Labute approximate surface area is 231 Å². The van der Waals surface area contributed by atoms with Gasteiger partial charge in [0.05, 0.1) is 0 Å². The van der Waals surface area contributed by atoms with Crippen molar-refractivity contribution >= 4 is 17.9 Å². The highest BCUT2D eigenvalue weighted by molar-refractivity contribution is 6.30. The highest BCUT2D eigenvalue weighted by Gasteiger charge is 2.20. The summed E-state index contributed by atoms with van der Waals surface area (Å²) in [5.41, 5.74) is 11.6. The molecule has 1 saturated carbocycles. The molecule has 0 amide bonds. The fraction of sp³-hybridized carbons (Fsp3) is 0.485. The van der Waals surface area contributed by atoms with Gasteiger partial charge in [-0.1, -0.05) is 66.6 Å². The van der Waals surface area contributed by atoms with Gasteiger partial charge < -0.3 is 15.4 Å². The van der Waals surface area contributed by atoms with Crippen molar-refractivity contribution in [3.05, 3.63) is 81.9 Å². The summed E-state index contributed by atoms with van der Waals surface area (Å²) in [6.45, 7) is 3.80. The zero-order valence-electron chi connectivity index (χ0n) is 23.2. The van der Waals surface area contributed by atoms with Crippen molar-refractivity contribution in [2.45, 2.75) is 83.6 Å². The van der Waals surface area contributed by atoms with Gasteiger partial charge in [-0.15, -0.1) is 12.3 Å². The number of nitrogens with two attached hydrogens (primary N) is 1. The van der Waals surface area contributed by atoms with Crippen LogP contribution in [0, 0.1) is 12.3 Å². The number of halogens is 1. The molecule has 0 atom stereocenters. The van der Waals surface area contributed by atoms with E-state index in [1.54, 1.807) is 11.1 Å². The van der Waals surface area contributed by atoms with Crippen molar-refractivity contribution in [3.63, 3.8) is 0 Å². The zero-order valence-corrected chi connectivity index (χ0v) is 24.0. The fourth-order valence-corrected chi connectivity index (χ4v) is 4.50. The minimum atomic E-state index is 0.708. The van der Waals surface area contributed by atoms with Crippen LogP contribution in [0.2, 0.25) is 5.02 Å². The van der Waals surface area contributed by atoms with Crippen molar-refractivity contribution in [3.8, 4) is 12.3 Å². The number of carbonyl (C=O) groups excluding carboxylic acids is 1. The molecule has 1 aliphatic carbocycles. The third-order valence-electron chi connectivity index (χ3n) is 6.32. The normalized spacial score (nSPS) is 14.5. The number of nitrogens with zero attached hydrogens (tertiary/aromatic N) is 1. The number of unbranched alkanes of at least 4 members (excludes halogenated alkanes) is 2. The van der Waals surface area contributed by atoms with Crippen molar-refractivity contribution in [2.24, 2.45) is 5.73 Å². The van der Waals surface area contributed by atoms with E-state index in [4.69, 9.17) is 23.8 Å². The molecule has 202 valence electrons. The number of carbonyl (C=O) groups is 1. The first-order valence-corrected chi connectivity index (χ1v) is 14.0. The second kappa shape index (κ2) is 20.7. The summed E-state index contributed by atoms with van der Waals surface area (Å²) in [7, 11) is 4.29. The maximum absolute atomic E-state index is 9.40. The topological polar surface area (TPSA) is 46.3 Å². The molecule has 3 nitrogen and oxygen atoms in total. The van der Waals surface area contributed by atoms with Crippen molar-refractivity contribution in [1.29, 1.82) is 0 Å². The number of allylic oxidation sites excluding steroid dienone is 1. The molecule has 2 N–H and O–H groups in total. The van der Waals surface area contributed by atoms with Gasteiger partial charge in [0.2, 0.25) is 0 Å². The SMILES string of the molecule is C#CCCCc1ccc(Cl)cc1.CCCC=O.CN(C)Cc1ccccc1C1CCC(=CCCN)CC1. The molecule has 1 fully saturated rings. The Morgan fingerprint density at radius 2 is 1.76 bits per heavy atom. The van der Waals surface area contributed by atoms with Crippen molar-refractivity contribution < 1.29 is 4.79 Å². The third-order valence-corrected chi connectivity index (χ3v) is 6.57. The summed E-state index contributed by atoms with van der Waals surface area (Å²) in [4.78, 5) is 11.7. The average Bonchev–Trinajstić information content (AvgIpc) is 2.90. The second-order valence-corrected chi connectivity index (χ2v) is 10.2. The Morgan fingerprint density at radius 1 is 1.08 bits per heavy atom. The quantitative estimate of drug-likeness (QED) is 0.149. The fourth-order valence-electron chi connectivity index (χ4n) is 4.37. The van der Waals surface area contributed by atoms with Crippen LogP contribution in [-0.2, 0) is 17.8 Å². The van der Waals surface area contributed by atoms with Crippen LogP contribution in [0.3, 0.4) is 0 Å². The molecule has 3 rings (SSSR count). The number of hydrogen-bond donors (Lipinski definition) is 1. The smallest absolute Gasteiger partial charge is 0.119 e. The van der Waals surface area contributed by atoms with Gasteiger partial charge in [0.15, 0.2) is 0 Å². The predicted molar refractivity (Wildman–Crippen MR) is 161 cm³/mol. The summed E-state index contributed by atoms with van der Waals surface area (Å²) in [6.07, 6.45) is 19.2. The summed E-state index contributed by atoms with van der Waals surface area (Å²) in [6, 6.07) is 16.9. The number of rotatable bonds is 10. The minimum absolute atomic E-state index is 0.708. The molecular weight excluding hydrogens is 476 g/mol. The van der Waals surface area contributed by atoms with E-state index in [9.17, 15) is 4.79 Å². The van der Waals surface area contributed by atoms with E-state index in [0.717, 1.165) is 62.4 Å². The highest BCUT2D eigenvalue weighted by Crippen LogP contribution is 2.37. The summed E-state index contributed by atoms with van der Waals surface area (Å²) >= 11 is 5.74. The molecule has 2 aromatic rings. The minimum Gasteiger partial charge on any atom is -0.330 e. The van der Waals surface area contributed by atoms with E-state index in [-0.39, 0.29) is 0 Å². The van der Waals surface area contributed by atoms with Gasteiger partial charge in [0.1, 0.15) is 6.29 Å². The molecule has 0 heterocycles. The van der Waals surface area contributed by atoms with Crippen molar-refractivity contribution in [1.82, 2.24) is 4.90 Å². The van der Waals surface area contributed by atoms with Gasteiger partial charge in [-0.25, -0.2) is 0 Å². The lowest BCUT2D eigenvalue weighted by atomic mass is 9.79. The molecule has 0 bridgehead atoms. The largest absolute Gasteiger partial charge is 0.330 e. The van der Waals surface area contributed by atoms with Crippen LogP contribution >= 0.6 is 11.6 Å². The Kier molecular flexibility index (Phi) is 18.2. The lowest BCUT2D eigenvalue weighted by molar-refractivity contribution is -0.107. The third kappa shape index (κ3) is 14.8. The van der Waals surface area contributed by atoms with E-state index in [0.29, 0.717) is 6.42 Å². The van der Waals surface area contributed by atoms with E-state index < -0.39 is 0 Å². The van der Waals surface area contributed by atoms with Crippen molar-refractivity contribution in [2.75, 3.05) is 20.6 Å². The number of terminal acetylenes is 1. The van der Waals surface area contributed by atoms with Crippen LogP contribution in [0.15, 0.2) is 60.2 Å². The molecule has 1 aliphatic rings. The average molecular weight is 523 g/mol. The summed E-state index contributed by atoms with van der Waals surface area (Å²) < 4.78 is 0. The Bertz CT molecular complexity index is 934. The Hall–Kier alpha value is -2.38. The number of aryl methyl sites for hydroxylation is 1. The van der Waals surface area contributed by atoms with Gasteiger partial charge in [-0.3, -0.25) is 0 Å². The van der Waals surface area contributed by atoms with Crippen LogP contribution in [0.5, 0.6) is 0 Å². The lowest BCUT2D eigenvalue weighted by Crippen LogP contribution is -2.15. The second-order valence-electron chi connectivity index (χ2n) is 9.79. The molecule has 0 spiro atoms. The first kappa shape index (κ1) is 32.6. The maximum atomic E-state index is 9.40. The number of benzene rings is 2. The van der Waals surface area contributed by atoms with E-state index in [2.05, 4.69) is 55.3 Å². The van der Waals surface area contributed by atoms with Gasteiger partial charge in [-0.2, -0.15) is 0 Å². The van der Waals surface area contributed by atoms with Gasteiger partial charge in [0.25, 0.3) is 0 Å². The predicted octanol–water partition coefficient (Wildman–Crippen LogP) is 7.96.